The zero-order valence-corrected chi connectivity index (χ0v) is 25.4. The first-order valence-corrected chi connectivity index (χ1v) is 15.1. The number of halogens is 4. The molecular formula is C31H33ClF3N5O5. The van der Waals surface area contributed by atoms with Gasteiger partial charge < -0.3 is 24.6 Å². The lowest BCUT2D eigenvalue weighted by molar-refractivity contribution is -0.151. The molecule has 6 rings (SSSR count). The molecule has 240 valence electrons. The molecule has 45 heavy (non-hydrogen) atoms. The third kappa shape index (κ3) is 6.00. The van der Waals surface area contributed by atoms with Crippen molar-refractivity contribution in [2.75, 3.05) is 58.2 Å². The van der Waals surface area contributed by atoms with E-state index in [1.807, 2.05) is 30.3 Å². The monoisotopic (exact) mass is 647 g/mol. The normalized spacial score (nSPS) is 21.5. The Morgan fingerprint density at radius 1 is 1.07 bits per heavy atom. The molecule has 2 amide bonds. The molecule has 4 aliphatic heterocycles. The molecule has 2 aromatic carbocycles. The van der Waals surface area contributed by atoms with E-state index in [0.29, 0.717) is 48.7 Å². The number of nitrogens with zero attached hydrogens (tertiary/aromatic N) is 4. The SMILES string of the molecule is COC(C(=O)C(=O)N1CCN2CC(C(F)(F)F)=NC2C1)c1ccc(Cl)c2c1NCC21CCN(C(=O)OCc2ccccc2)CC1. The fourth-order valence-corrected chi connectivity index (χ4v) is 7.09. The number of hydrogen-bond donors (Lipinski definition) is 1. The number of piperidine rings is 1. The number of aliphatic imine (C=N–C) groups is 1. The fraction of sp³-hybridized carbons (Fsp3) is 0.484. The van der Waals surface area contributed by atoms with Gasteiger partial charge in [-0.25, -0.2) is 4.79 Å². The van der Waals surface area contributed by atoms with Crippen LogP contribution in [0.3, 0.4) is 0 Å². The summed E-state index contributed by atoms with van der Waals surface area (Å²) in [5.41, 5.74) is 1.50. The minimum Gasteiger partial charge on any atom is -0.445 e. The summed E-state index contributed by atoms with van der Waals surface area (Å²) in [6.07, 6.45) is -5.82. The molecule has 14 heteroatoms. The summed E-state index contributed by atoms with van der Waals surface area (Å²) in [4.78, 5) is 47.9. The molecule has 10 nitrogen and oxygen atoms in total. The molecule has 1 N–H and O–H groups in total. The number of piperazine rings is 1. The number of benzene rings is 2. The van der Waals surface area contributed by atoms with Gasteiger partial charge in [0.2, 0.25) is 0 Å². The Hall–Kier alpha value is -3.68. The number of likely N-dealkylation sites (tertiary alicyclic amines) is 1. The molecule has 0 aliphatic carbocycles. The minimum atomic E-state index is -4.54. The van der Waals surface area contributed by atoms with Crippen molar-refractivity contribution in [1.82, 2.24) is 14.7 Å². The highest BCUT2D eigenvalue weighted by Crippen LogP contribution is 2.50. The highest BCUT2D eigenvalue weighted by Gasteiger charge is 2.48. The van der Waals surface area contributed by atoms with Crippen LogP contribution in [0, 0.1) is 0 Å². The van der Waals surface area contributed by atoms with E-state index in [2.05, 4.69) is 10.3 Å². The van der Waals surface area contributed by atoms with Gasteiger partial charge in [-0.1, -0.05) is 48.0 Å². The third-order valence-electron chi connectivity index (χ3n) is 9.21. The lowest BCUT2D eigenvalue weighted by Crippen LogP contribution is -2.54. The van der Waals surface area contributed by atoms with Crippen molar-refractivity contribution in [3.05, 3.63) is 64.2 Å². The van der Waals surface area contributed by atoms with Crippen LogP contribution in [0.5, 0.6) is 0 Å². The van der Waals surface area contributed by atoms with Crippen molar-refractivity contribution in [2.45, 2.75) is 43.3 Å². The van der Waals surface area contributed by atoms with Crippen LogP contribution in [-0.2, 0) is 31.1 Å². The number of amides is 2. The largest absolute Gasteiger partial charge is 0.445 e. The van der Waals surface area contributed by atoms with Gasteiger partial charge in [-0.15, -0.1) is 0 Å². The molecule has 2 atom stereocenters. The third-order valence-corrected chi connectivity index (χ3v) is 9.52. The molecule has 0 aromatic heterocycles. The summed E-state index contributed by atoms with van der Waals surface area (Å²) in [5, 5.41) is 3.89. The Kier molecular flexibility index (Phi) is 8.53. The summed E-state index contributed by atoms with van der Waals surface area (Å²) in [6.45, 7) is 1.42. The summed E-state index contributed by atoms with van der Waals surface area (Å²) in [6, 6.07) is 12.8. The van der Waals surface area contributed by atoms with E-state index in [0.717, 1.165) is 11.1 Å². The zero-order chi connectivity index (χ0) is 31.9. The molecular weight excluding hydrogens is 615 g/mol. The molecule has 0 radical (unpaired) electrons. The molecule has 1 spiro atoms. The van der Waals surface area contributed by atoms with Crippen LogP contribution in [0.15, 0.2) is 47.5 Å². The van der Waals surface area contributed by atoms with Crippen molar-refractivity contribution >= 4 is 40.8 Å². The van der Waals surface area contributed by atoms with E-state index < -0.39 is 41.3 Å². The summed E-state index contributed by atoms with van der Waals surface area (Å²) < 4.78 is 50.7. The number of fused-ring (bicyclic) bond motifs is 3. The standard InChI is InChI=1S/C31H33ClF3N5O5/c1-44-27(26(41)28(42)40-14-13-39-15-22(31(33,34)35)37-23(39)16-40)20-7-8-21(32)24-25(20)36-18-30(24)9-11-38(12-10-30)29(43)45-17-19-5-3-2-4-6-19/h2-8,23,27,36H,9-18H2,1H3. The van der Waals surface area contributed by atoms with Crippen LogP contribution in [0.25, 0.3) is 0 Å². The molecule has 2 unspecified atom stereocenters. The first-order valence-electron chi connectivity index (χ1n) is 14.8. The Balaban J connectivity index is 1.14. The Bertz CT molecular complexity index is 1510. The Morgan fingerprint density at radius 2 is 1.80 bits per heavy atom. The number of nitrogens with one attached hydrogen (secondary N) is 1. The van der Waals surface area contributed by atoms with Gasteiger partial charge in [0.15, 0.2) is 6.10 Å². The van der Waals surface area contributed by atoms with Gasteiger partial charge in [-0.2, -0.15) is 13.2 Å². The Morgan fingerprint density at radius 3 is 2.49 bits per heavy atom. The van der Waals surface area contributed by atoms with Crippen molar-refractivity contribution in [3.8, 4) is 0 Å². The second-order valence-corrected chi connectivity index (χ2v) is 12.2. The van der Waals surface area contributed by atoms with E-state index >= 15 is 0 Å². The van der Waals surface area contributed by atoms with Crippen LogP contribution in [0.4, 0.5) is 23.7 Å². The lowest BCUT2D eigenvalue weighted by Gasteiger charge is -2.39. The Labute approximate surface area is 263 Å². The van der Waals surface area contributed by atoms with E-state index in [-0.39, 0.29) is 38.9 Å². The number of methoxy groups -OCH3 is 1. The quantitative estimate of drug-likeness (QED) is 0.470. The predicted molar refractivity (Wildman–Crippen MR) is 159 cm³/mol. The number of hydrogen-bond acceptors (Lipinski definition) is 8. The number of alkyl halides is 3. The first kappa shape index (κ1) is 31.3. The number of ether oxygens (including phenoxy) is 2. The second-order valence-electron chi connectivity index (χ2n) is 11.8. The van der Waals surface area contributed by atoms with Gasteiger partial charge in [0.05, 0.1) is 6.54 Å². The molecule has 4 aliphatic rings. The molecule has 0 saturated carbocycles. The van der Waals surface area contributed by atoms with Gasteiger partial charge in [-0.05, 0) is 24.5 Å². The first-order chi connectivity index (χ1) is 21.5. The van der Waals surface area contributed by atoms with E-state index in [4.69, 9.17) is 21.1 Å². The molecule has 0 bridgehead atoms. The van der Waals surface area contributed by atoms with Gasteiger partial charge in [-0.3, -0.25) is 19.5 Å². The second kappa shape index (κ2) is 12.3. The van der Waals surface area contributed by atoms with E-state index in [1.54, 1.807) is 21.9 Å². The maximum Gasteiger partial charge on any atom is 0.430 e. The smallest absolute Gasteiger partial charge is 0.430 e. The highest BCUT2D eigenvalue weighted by molar-refractivity contribution is 6.38. The van der Waals surface area contributed by atoms with Gasteiger partial charge in [0, 0.05) is 73.6 Å². The number of carbonyl (C=O) groups is 3. The van der Waals surface area contributed by atoms with E-state index in [1.165, 1.54) is 12.0 Å². The van der Waals surface area contributed by atoms with Crippen molar-refractivity contribution in [1.29, 1.82) is 0 Å². The number of ketones is 1. The zero-order valence-electron chi connectivity index (χ0n) is 24.6. The average molecular weight is 648 g/mol. The topological polar surface area (TPSA) is 104 Å². The van der Waals surface area contributed by atoms with Crippen LogP contribution < -0.4 is 5.32 Å². The lowest BCUT2D eigenvalue weighted by atomic mass is 9.73. The number of anilines is 1. The van der Waals surface area contributed by atoms with Gasteiger partial charge >= 0.3 is 12.3 Å². The van der Waals surface area contributed by atoms with Crippen LogP contribution in [0.1, 0.15) is 35.6 Å². The fourth-order valence-electron chi connectivity index (χ4n) is 6.73. The molecule has 2 aromatic rings. The minimum absolute atomic E-state index is 0.0997. The number of rotatable bonds is 6. The summed E-state index contributed by atoms with van der Waals surface area (Å²) in [5.74, 6) is -1.66. The molecule has 4 heterocycles. The summed E-state index contributed by atoms with van der Waals surface area (Å²) in [7, 11) is 1.33. The van der Waals surface area contributed by atoms with Crippen LogP contribution >= 0.6 is 11.6 Å². The number of carbonyl (C=O) groups excluding carboxylic acids is 3. The predicted octanol–water partition coefficient (Wildman–Crippen LogP) is 4.18. The van der Waals surface area contributed by atoms with Crippen LogP contribution in [-0.4, -0.2) is 103 Å². The number of Topliss-reactive ketones (excluding diaryl/α,β-unsaturated/α-hetero) is 1. The van der Waals surface area contributed by atoms with Crippen molar-refractivity contribution in [3.63, 3.8) is 0 Å². The van der Waals surface area contributed by atoms with Gasteiger partial charge in [0.1, 0.15) is 18.5 Å². The van der Waals surface area contributed by atoms with Crippen LogP contribution in [0.2, 0.25) is 5.02 Å². The molecule has 2 saturated heterocycles. The van der Waals surface area contributed by atoms with Crippen molar-refractivity contribution < 1.29 is 37.0 Å². The highest BCUT2D eigenvalue weighted by atomic mass is 35.5. The maximum absolute atomic E-state index is 13.6. The average Bonchev–Trinajstić information content (AvgIpc) is 3.64. The van der Waals surface area contributed by atoms with Gasteiger partial charge in [0.25, 0.3) is 11.7 Å². The maximum atomic E-state index is 13.6. The van der Waals surface area contributed by atoms with E-state index in [9.17, 15) is 27.6 Å². The summed E-state index contributed by atoms with van der Waals surface area (Å²) >= 11 is 6.74. The molecule has 2 fully saturated rings. The van der Waals surface area contributed by atoms with Crippen molar-refractivity contribution in [2.24, 2.45) is 4.99 Å².